The molecule has 1 atom stereocenters. The average Bonchev–Trinajstić information content (AvgIpc) is 3.08. The number of likely N-dealkylation sites (tertiary alicyclic amines) is 1. The van der Waals surface area contributed by atoms with Gasteiger partial charge >= 0.3 is 12.3 Å². The minimum atomic E-state index is -4.60. The third kappa shape index (κ3) is 5.27. The normalized spacial score (nSPS) is 17.1. The number of amides is 2. The summed E-state index contributed by atoms with van der Waals surface area (Å²) >= 11 is 0. The van der Waals surface area contributed by atoms with E-state index in [0.29, 0.717) is 18.5 Å². The number of ether oxygens (including phenoxy) is 1. The lowest BCUT2D eigenvalue weighted by Crippen LogP contribution is -2.44. The Bertz CT molecular complexity index is 652. The number of hydrogen-bond donors (Lipinski definition) is 1. The monoisotopic (exact) mass is 373 g/mol. The summed E-state index contributed by atoms with van der Waals surface area (Å²) in [5, 5.41) is 2.72. The maximum absolute atomic E-state index is 12.5. The molecule has 1 saturated heterocycles. The first-order valence-corrected chi connectivity index (χ1v) is 8.33. The molecule has 2 amide bonds. The minimum absolute atomic E-state index is 0.188. The Morgan fingerprint density at radius 2 is 2.12 bits per heavy atom. The van der Waals surface area contributed by atoms with Crippen molar-refractivity contribution in [1.82, 2.24) is 4.90 Å². The van der Waals surface area contributed by atoms with Crippen LogP contribution in [0.15, 0.2) is 24.3 Å². The summed E-state index contributed by atoms with van der Waals surface area (Å²) in [6.07, 6.45) is -4.82. The second-order valence-electron chi connectivity index (χ2n) is 6.07. The highest BCUT2D eigenvalue weighted by atomic mass is 19.4. The second kappa shape index (κ2) is 8.29. The zero-order chi connectivity index (χ0) is 19.3. The largest absolute Gasteiger partial charge is 0.440 e. The van der Waals surface area contributed by atoms with Crippen molar-refractivity contribution in [3.8, 4) is 0 Å². The fraction of sp³-hybridized carbons (Fsp3) is 0.529. The molecule has 1 aliphatic heterocycles. The highest BCUT2D eigenvalue weighted by Gasteiger charge is 2.37. The van der Waals surface area contributed by atoms with Gasteiger partial charge in [-0.1, -0.05) is 6.07 Å². The van der Waals surface area contributed by atoms with E-state index in [2.05, 4.69) is 10.1 Å². The van der Waals surface area contributed by atoms with Crippen molar-refractivity contribution in [2.45, 2.75) is 32.0 Å². The highest BCUT2D eigenvalue weighted by Crippen LogP contribution is 2.23. The third-order valence-electron chi connectivity index (χ3n) is 4.18. The fourth-order valence-corrected chi connectivity index (χ4v) is 2.71. The van der Waals surface area contributed by atoms with Crippen LogP contribution in [0.2, 0.25) is 0 Å². The van der Waals surface area contributed by atoms with Crippen molar-refractivity contribution in [3.63, 3.8) is 0 Å². The van der Waals surface area contributed by atoms with Crippen LogP contribution in [0.3, 0.4) is 0 Å². The molecule has 6 nitrogen and oxygen atoms in total. The van der Waals surface area contributed by atoms with Crippen LogP contribution in [0, 0.1) is 0 Å². The highest BCUT2D eigenvalue weighted by molar-refractivity contribution is 5.97. The van der Waals surface area contributed by atoms with Crippen molar-refractivity contribution in [3.05, 3.63) is 24.3 Å². The first-order valence-electron chi connectivity index (χ1n) is 8.33. The maximum Gasteiger partial charge on any atom is 0.422 e. The molecule has 1 aromatic rings. The van der Waals surface area contributed by atoms with Crippen molar-refractivity contribution >= 4 is 23.4 Å². The Kier molecular flexibility index (Phi) is 6.33. The summed E-state index contributed by atoms with van der Waals surface area (Å²) in [6, 6.07) is 6.36. The number of anilines is 2. The average molecular weight is 373 g/mol. The molecule has 0 aliphatic carbocycles. The first kappa shape index (κ1) is 19.9. The Morgan fingerprint density at radius 1 is 1.38 bits per heavy atom. The topological polar surface area (TPSA) is 61.9 Å². The van der Waals surface area contributed by atoms with Gasteiger partial charge in [-0.2, -0.15) is 13.2 Å². The van der Waals surface area contributed by atoms with Crippen LogP contribution in [-0.2, 0) is 9.53 Å². The Balaban J connectivity index is 2.01. The smallest absolute Gasteiger partial charge is 0.422 e. The number of carbonyl (C=O) groups excluding carboxylic acids is 2. The summed E-state index contributed by atoms with van der Waals surface area (Å²) in [5.41, 5.74) is 1.47. The van der Waals surface area contributed by atoms with Gasteiger partial charge in [0.25, 0.3) is 0 Å². The van der Waals surface area contributed by atoms with Gasteiger partial charge in [-0.25, -0.2) is 4.79 Å². The van der Waals surface area contributed by atoms with E-state index in [1.807, 2.05) is 24.9 Å². The molecule has 26 heavy (non-hydrogen) atoms. The summed E-state index contributed by atoms with van der Waals surface area (Å²) in [5.74, 6) is -0.442. The van der Waals surface area contributed by atoms with E-state index in [1.54, 1.807) is 18.2 Å². The molecule has 1 fully saturated rings. The zero-order valence-electron chi connectivity index (χ0n) is 14.7. The number of alkyl halides is 3. The molecule has 1 heterocycles. The maximum atomic E-state index is 12.5. The number of hydrogen-bond acceptors (Lipinski definition) is 4. The van der Waals surface area contributed by atoms with Crippen molar-refractivity contribution in [1.29, 1.82) is 0 Å². The number of rotatable bonds is 5. The van der Waals surface area contributed by atoms with Crippen molar-refractivity contribution < 1.29 is 27.5 Å². The lowest BCUT2D eigenvalue weighted by molar-refractivity contribution is -0.162. The number of nitrogens with one attached hydrogen (secondary N) is 1. The molecule has 1 unspecified atom stereocenters. The Labute approximate surface area is 149 Å². The predicted molar refractivity (Wildman–Crippen MR) is 91.1 cm³/mol. The van der Waals surface area contributed by atoms with Gasteiger partial charge in [0, 0.05) is 31.5 Å². The van der Waals surface area contributed by atoms with Gasteiger partial charge in [-0.05, 0) is 38.0 Å². The lowest BCUT2D eigenvalue weighted by Gasteiger charge is -2.24. The lowest BCUT2D eigenvalue weighted by atomic mass is 10.2. The molecule has 1 N–H and O–H groups in total. The number of carbonyl (C=O) groups is 2. The summed E-state index contributed by atoms with van der Waals surface area (Å²) < 4.78 is 40.9. The molecular weight excluding hydrogens is 351 g/mol. The quantitative estimate of drug-likeness (QED) is 0.861. The number of nitrogens with zero attached hydrogens (tertiary/aromatic N) is 2. The molecule has 0 spiro atoms. The molecule has 1 aromatic carbocycles. The minimum Gasteiger partial charge on any atom is -0.440 e. The van der Waals surface area contributed by atoms with Gasteiger partial charge in [0.2, 0.25) is 5.91 Å². The van der Waals surface area contributed by atoms with E-state index in [9.17, 15) is 22.8 Å². The van der Waals surface area contributed by atoms with Crippen molar-refractivity contribution in [2.24, 2.45) is 0 Å². The Morgan fingerprint density at radius 3 is 2.77 bits per heavy atom. The van der Waals surface area contributed by atoms with E-state index < -0.39 is 30.8 Å². The van der Waals surface area contributed by atoms with Crippen molar-refractivity contribution in [2.75, 3.05) is 37.0 Å². The fourth-order valence-electron chi connectivity index (χ4n) is 2.71. The van der Waals surface area contributed by atoms with Crippen LogP contribution in [-0.4, -0.2) is 55.9 Å². The molecule has 2 rings (SSSR count). The second-order valence-corrected chi connectivity index (χ2v) is 6.07. The van der Waals surface area contributed by atoms with Crippen LogP contribution in [0.1, 0.15) is 19.8 Å². The molecule has 0 saturated carbocycles. The summed E-state index contributed by atoms with van der Waals surface area (Å²) in [4.78, 5) is 27.4. The van der Waals surface area contributed by atoms with Gasteiger partial charge < -0.3 is 15.0 Å². The van der Waals surface area contributed by atoms with Crippen LogP contribution in [0.4, 0.5) is 29.3 Å². The molecule has 9 heteroatoms. The third-order valence-corrected chi connectivity index (χ3v) is 4.18. The SMILES string of the molecule is CCN(C)c1cccc(NC(=O)C2CCCN2C(=O)OCC(F)(F)F)c1. The van der Waals surface area contributed by atoms with Crippen LogP contribution in [0.5, 0.6) is 0 Å². The van der Waals surface area contributed by atoms with Gasteiger partial charge in [-0.15, -0.1) is 0 Å². The van der Waals surface area contributed by atoms with Gasteiger partial charge in [0.05, 0.1) is 0 Å². The zero-order valence-corrected chi connectivity index (χ0v) is 14.7. The standard InChI is InChI=1S/C17H22F3N3O3/c1-3-22(2)13-7-4-6-12(10-13)21-15(24)14-8-5-9-23(14)16(25)26-11-17(18,19)20/h4,6-7,10,14H,3,5,8-9,11H2,1-2H3,(H,21,24). The molecule has 1 aliphatic rings. The molecule has 144 valence electrons. The van der Waals surface area contributed by atoms with Crippen LogP contribution >= 0.6 is 0 Å². The Hall–Kier alpha value is -2.45. The summed E-state index contributed by atoms with van der Waals surface area (Å²) in [6.45, 7) is 1.31. The number of halogens is 3. The van der Waals surface area contributed by atoms with Crippen LogP contribution in [0.25, 0.3) is 0 Å². The van der Waals surface area contributed by atoms with Gasteiger partial charge in [0.15, 0.2) is 6.61 Å². The van der Waals surface area contributed by atoms with E-state index in [-0.39, 0.29) is 6.54 Å². The van der Waals surface area contributed by atoms with E-state index in [1.165, 1.54) is 0 Å². The van der Waals surface area contributed by atoms with E-state index in [0.717, 1.165) is 17.1 Å². The van der Waals surface area contributed by atoms with Gasteiger partial charge in [-0.3, -0.25) is 9.69 Å². The molecule has 0 radical (unpaired) electrons. The molecular formula is C17H22F3N3O3. The predicted octanol–water partition coefficient (Wildman–Crippen LogP) is 3.24. The molecule has 0 bridgehead atoms. The summed E-state index contributed by atoms with van der Waals surface area (Å²) in [7, 11) is 1.91. The van der Waals surface area contributed by atoms with Gasteiger partial charge in [0.1, 0.15) is 6.04 Å². The number of benzene rings is 1. The van der Waals surface area contributed by atoms with E-state index >= 15 is 0 Å². The first-order chi connectivity index (χ1) is 12.2. The van der Waals surface area contributed by atoms with E-state index in [4.69, 9.17) is 0 Å². The molecule has 0 aromatic heterocycles. The van der Waals surface area contributed by atoms with Crippen LogP contribution < -0.4 is 10.2 Å².